The molecule has 2 N–H and O–H groups in total. The molecule has 0 saturated heterocycles. The number of hydrogen-bond donors (Lipinski definition) is 2. The van der Waals surface area contributed by atoms with Crippen LogP contribution in [0.5, 0.6) is 0 Å². The van der Waals surface area contributed by atoms with Gasteiger partial charge < -0.3 is 4.98 Å². The van der Waals surface area contributed by atoms with Crippen molar-refractivity contribution in [1.82, 2.24) is 20.2 Å². The number of nitriles is 1. The van der Waals surface area contributed by atoms with Crippen molar-refractivity contribution in [3.05, 3.63) is 44.4 Å². The Hall–Kier alpha value is -2.75. The molecule has 0 amide bonds. The van der Waals surface area contributed by atoms with E-state index in [1.807, 2.05) is 6.07 Å². The molecule has 0 radical (unpaired) electrons. The van der Waals surface area contributed by atoms with Crippen LogP contribution in [-0.2, 0) is 0 Å². The van der Waals surface area contributed by atoms with E-state index in [0.29, 0.717) is 23.2 Å². The summed E-state index contributed by atoms with van der Waals surface area (Å²) in [4.78, 5) is 27.3. The molecule has 1 fully saturated rings. The Kier molecular flexibility index (Phi) is 2.71. The van der Waals surface area contributed by atoms with E-state index in [2.05, 4.69) is 27.1 Å². The van der Waals surface area contributed by atoms with Crippen molar-refractivity contribution in [2.24, 2.45) is 5.92 Å². The van der Waals surface area contributed by atoms with E-state index in [1.165, 1.54) is 6.20 Å². The molecule has 0 bridgehead atoms. The first kappa shape index (κ1) is 12.3. The van der Waals surface area contributed by atoms with Gasteiger partial charge in [-0.2, -0.15) is 5.26 Å². The summed E-state index contributed by atoms with van der Waals surface area (Å²) in [5, 5.41) is 16.8. The minimum absolute atomic E-state index is 0.233. The standard InChI is InChI=1S/C13H11N5O2/c1-6-2-7(6)8-3-10(17-18-11(8)4-14)9-5-15-13(20)16-12(9)19/h3,5-7H,2H2,1H3,(H2,15,16,19,20)/t6-,7-/m0/s1. The van der Waals surface area contributed by atoms with Gasteiger partial charge in [0, 0.05) is 6.20 Å². The Morgan fingerprint density at radius 1 is 1.40 bits per heavy atom. The Morgan fingerprint density at radius 2 is 2.15 bits per heavy atom. The van der Waals surface area contributed by atoms with Crippen LogP contribution >= 0.6 is 0 Å². The van der Waals surface area contributed by atoms with Crippen molar-refractivity contribution >= 4 is 0 Å². The number of nitrogens with one attached hydrogen (secondary N) is 2. The lowest BCUT2D eigenvalue weighted by Crippen LogP contribution is -2.23. The molecule has 7 heteroatoms. The minimum Gasteiger partial charge on any atom is -0.313 e. The molecular weight excluding hydrogens is 258 g/mol. The van der Waals surface area contributed by atoms with Gasteiger partial charge in [-0.1, -0.05) is 6.92 Å². The predicted octanol–water partition coefficient (Wildman–Crippen LogP) is 0.515. The molecule has 2 heterocycles. The zero-order chi connectivity index (χ0) is 14.3. The highest BCUT2D eigenvalue weighted by molar-refractivity contribution is 5.58. The molecule has 2 atom stereocenters. The van der Waals surface area contributed by atoms with Crippen molar-refractivity contribution in [1.29, 1.82) is 5.26 Å². The largest absolute Gasteiger partial charge is 0.325 e. The minimum atomic E-state index is -0.573. The number of aromatic nitrogens is 4. The molecule has 0 aromatic carbocycles. The molecule has 3 rings (SSSR count). The average molecular weight is 269 g/mol. The van der Waals surface area contributed by atoms with E-state index in [9.17, 15) is 9.59 Å². The molecule has 1 saturated carbocycles. The molecule has 1 aliphatic rings. The number of rotatable bonds is 2. The molecule has 1 aliphatic carbocycles. The van der Waals surface area contributed by atoms with Gasteiger partial charge in [0.1, 0.15) is 11.8 Å². The second kappa shape index (κ2) is 4.42. The summed E-state index contributed by atoms with van der Waals surface area (Å²) in [6, 6.07) is 3.73. The van der Waals surface area contributed by atoms with E-state index < -0.39 is 11.2 Å². The Morgan fingerprint density at radius 3 is 2.75 bits per heavy atom. The topological polar surface area (TPSA) is 115 Å². The molecule has 0 aliphatic heterocycles. The van der Waals surface area contributed by atoms with Crippen LogP contribution in [0.1, 0.15) is 30.5 Å². The van der Waals surface area contributed by atoms with E-state index in [0.717, 1.165) is 12.0 Å². The monoisotopic (exact) mass is 269 g/mol. The van der Waals surface area contributed by atoms with Gasteiger partial charge in [0.2, 0.25) is 0 Å². The molecular formula is C13H11N5O2. The van der Waals surface area contributed by atoms with Crippen LogP contribution in [0.3, 0.4) is 0 Å². The van der Waals surface area contributed by atoms with Gasteiger partial charge >= 0.3 is 5.69 Å². The van der Waals surface area contributed by atoms with Gasteiger partial charge in [-0.3, -0.25) is 9.78 Å². The molecule has 2 aromatic rings. The molecule has 20 heavy (non-hydrogen) atoms. The lowest BCUT2D eigenvalue weighted by molar-refractivity contribution is 0.885. The Labute approximate surface area is 113 Å². The van der Waals surface area contributed by atoms with Crippen LogP contribution in [0.15, 0.2) is 21.9 Å². The van der Waals surface area contributed by atoms with Crippen molar-refractivity contribution < 1.29 is 0 Å². The van der Waals surface area contributed by atoms with E-state index in [1.54, 1.807) is 6.07 Å². The maximum absolute atomic E-state index is 11.7. The van der Waals surface area contributed by atoms with E-state index >= 15 is 0 Å². The number of nitrogens with zero attached hydrogens (tertiary/aromatic N) is 3. The second-order valence-corrected chi connectivity index (χ2v) is 4.95. The zero-order valence-electron chi connectivity index (χ0n) is 10.7. The van der Waals surface area contributed by atoms with Crippen LogP contribution in [0.4, 0.5) is 0 Å². The van der Waals surface area contributed by atoms with Crippen LogP contribution in [0.2, 0.25) is 0 Å². The zero-order valence-corrected chi connectivity index (χ0v) is 10.7. The summed E-state index contributed by atoms with van der Waals surface area (Å²) in [5.74, 6) is 0.800. The van der Waals surface area contributed by atoms with Crippen LogP contribution in [-0.4, -0.2) is 20.2 Å². The predicted molar refractivity (Wildman–Crippen MR) is 69.9 cm³/mol. The first-order chi connectivity index (χ1) is 9.60. The fraction of sp³-hybridized carbons (Fsp3) is 0.308. The van der Waals surface area contributed by atoms with Crippen molar-refractivity contribution in [2.75, 3.05) is 0 Å². The first-order valence-corrected chi connectivity index (χ1v) is 6.20. The maximum Gasteiger partial charge on any atom is 0.325 e. The van der Waals surface area contributed by atoms with Gasteiger partial charge in [0.15, 0.2) is 5.69 Å². The SMILES string of the molecule is C[C@H]1C[C@@H]1c1cc(-c2c[nH]c(=O)[nH]c2=O)nnc1C#N. The summed E-state index contributed by atoms with van der Waals surface area (Å²) in [6.45, 7) is 2.10. The molecule has 7 nitrogen and oxygen atoms in total. The number of H-pyrrole nitrogens is 2. The highest BCUT2D eigenvalue weighted by Crippen LogP contribution is 2.47. The highest BCUT2D eigenvalue weighted by atomic mass is 16.2. The maximum atomic E-state index is 11.7. The lowest BCUT2D eigenvalue weighted by Gasteiger charge is -2.04. The summed E-state index contributed by atoms with van der Waals surface area (Å²) >= 11 is 0. The smallest absolute Gasteiger partial charge is 0.313 e. The van der Waals surface area contributed by atoms with Crippen molar-refractivity contribution in [3.63, 3.8) is 0 Å². The summed E-state index contributed by atoms with van der Waals surface area (Å²) in [6.07, 6.45) is 2.30. The third kappa shape index (κ3) is 2.01. The van der Waals surface area contributed by atoms with Gasteiger partial charge in [-0.05, 0) is 29.9 Å². The summed E-state index contributed by atoms with van der Waals surface area (Å²) in [5.41, 5.74) is 0.602. The molecule has 0 unspecified atom stereocenters. The van der Waals surface area contributed by atoms with Gasteiger partial charge in [0.25, 0.3) is 5.56 Å². The second-order valence-electron chi connectivity index (χ2n) is 4.95. The number of hydrogen-bond acceptors (Lipinski definition) is 5. The summed E-state index contributed by atoms with van der Waals surface area (Å²) in [7, 11) is 0. The van der Waals surface area contributed by atoms with Gasteiger partial charge in [0.05, 0.1) is 5.56 Å². The van der Waals surface area contributed by atoms with Crippen LogP contribution in [0, 0.1) is 17.2 Å². The normalized spacial score (nSPS) is 20.4. The molecule has 2 aromatic heterocycles. The van der Waals surface area contributed by atoms with E-state index in [4.69, 9.17) is 5.26 Å². The van der Waals surface area contributed by atoms with Gasteiger partial charge in [-0.25, -0.2) is 4.79 Å². The van der Waals surface area contributed by atoms with Crippen LogP contribution < -0.4 is 11.2 Å². The highest BCUT2D eigenvalue weighted by Gasteiger charge is 2.36. The molecule has 0 spiro atoms. The quantitative estimate of drug-likeness (QED) is 0.824. The lowest BCUT2D eigenvalue weighted by atomic mass is 10.1. The average Bonchev–Trinajstić information content (AvgIpc) is 3.15. The number of aromatic amines is 2. The third-order valence-corrected chi connectivity index (χ3v) is 3.53. The molecule has 100 valence electrons. The Bertz CT molecular complexity index is 830. The first-order valence-electron chi connectivity index (χ1n) is 6.20. The fourth-order valence-electron chi connectivity index (χ4n) is 2.26. The van der Waals surface area contributed by atoms with E-state index in [-0.39, 0.29) is 5.56 Å². The summed E-state index contributed by atoms with van der Waals surface area (Å²) < 4.78 is 0. The Balaban J connectivity index is 2.14. The fourth-order valence-corrected chi connectivity index (χ4v) is 2.26. The van der Waals surface area contributed by atoms with Crippen molar-refractivity contribution in [3.8, 4) is 17.3 Å². The van der Waals surface area contributed by atoms with Gasteiger partial charge in [-0.15, -0.1) is 10.2 Å². The van der Waals surface area contributed by atoms with Crippen molar-refractivity contribution in [2.45, 2.75) is 19.3 Å². The van der Waals surface area contributed by atoms with Crippen LogP contribution in [0.25, 0.3) is 11.3 Å². The third-order valence-electron chi connectivity index (χ3n) is 3.53.